The Morgan fingerprint density at radius 3 is 2.26 bits per heavy atom. The molecule has 3 heteroatoms. The van der Waals surface area contributed by atoms with Gasteiger partial charge in [-0.05, 0) is 45.7 Å². The van der Waals surface area contributed by atoms with E-state index in [0.717, 1.165) is 11.1 Å². The molecule has 0 bridgehead atoms. The Kier molecular flexibility index (Phi) is 4.06. The van der Waals surface area contributed by atoms with E-state index in [-0.39, 0.29) is 0 Å². The molecular weight excluding hydrogens is 396 g/mol. The number of hydrogen-bond donors (Lipinski definition) is 0. The van der Waals surface area contributed by atoms with Crippen molar-refractivity contribution in [3.8, 4) is 28.3 Å². The van der Waals surface area contributed by atoms with Crippen LogP contribution in [0, 0.1) is 11.3 Å². The molecule has 2 heterocycles. The predicted molar refractivity (Wildman–Crippen MR) is 130 cm³/mol. The molecule has 0 spiro atoms. The molecule has 0 fully saturated rings. The standard InChI is InChI=1S/C28H16N2S/c29-15-18-13-23(17-30-16-18)20-7-5-19(6-8-20)22-9-11-25-27(14-22)31-26-12-10-21-3-1-2-4-24(21)28(25)26/h1-14,16-17H. The van der Waals surface area contributed by atoms with Crippen LogP contribution in [0.1, 0.15) is 5.56 Å². The summed E-state index contributed by atoms with van der Waals surface area (Å²) in [6.07, 6.45) is 3.38. The van der Waals surface area contributed by atoms with Gasteiger partial charge in [-0.1, -0.05) is 66.7 Å². The number of benzene rings is 4. The highest BCUT2D eigenvalue weighted by Gasteiger charge is 2.10. The molecule has 144 valence electrons. The maximum Gasteiger partial charge on any atom is 0.101 e. The largest absolute Gasteiger partial charge is 0.263 e. The van der Waals surface area contributed by atoms with E-state index >= 15 is 0 Å². The molecule has 2 nitrogen and oxygen atoms in total. The minimum Gasteiger partial charge on any atom is -0.263 e. The maximum atomic E-state index is 9.11. The van der Waals surface area contributed by atoms with Gasteiger partial charge in [0, 0.05) is 38.1 Å². The van der Waals surface area contributed by atoms with Crippen LogP contribution in [0.3, 0.4) is 0 Å². The van der Waals surface area contributed by atoms with Gasteiger partial charge >= 0.3 is 0 Å². The minimum absolute atomic E-state index is 0.573. The van der Waals surface area contributed by atoms with Crippen molar-refractivity contribution in [3.05, 3.63) is 103 Å². The Balaban J connectivity index is 1.44. The third-order valence-corrected chi connectivity index (χ3v) is 6.90. The van der Waals surface area contributed by atoms with E-state index < -0.39 is 0 Å². The summed E-state index contributed by atoms with van der Waals surface area (Å²) in [5.41, 5.74) is 4.97. The van der Waals surface area contributed by atoms with Crippen LogP contribution in [0.2, 0.25) is 0 Å². The number of thiophene rings is 1. The molecule has 2 aromatic heterocycles. The van der Waals surface area contributed by atoms with E-state index in [2.05, 4.69) is 89.9 Å². The maximum absolute atomic E-state index is 9.11. The lowest BCUT2D eigenvalue weighted by molar-refractivity contribution is 1.30. The number of aromatic nitrogens is 1. The van der Waals surface area contributed by atoms with Gasteiger partial charge in [-0.2, -0.15) is 5.26 Å². The lowest BCUT2D eigenvalue weighted by Crippen LogP contribution is -1.84. The summed E-state index contributed by atoms with van der Waals surface area (Å²) in [4.78, 5) is 4.17. The van der Waals surface area contributed by atoms with Crippen LogP contribution in [-0.2, 0) is 0 Å². The number of rotatable bonds is 2. The van der Waals surface area contributed by atoms with Crippen molar-refractivity contribution in [2.75, 3.05) is 0 Å². The van der Waals surface area contributed by atoms with Gasteiger partial charge in [0.25, 0.3) is 0 Å². The van der Waals surface area contributed by atoms with E-state index in [4.69, 9.17) is 5.26 Å². The molecule has 0 saturated heterocycles. The highest BCUT2D eigenvalue weighted by molar-refractivity contribution is 7.26. The first-order valence-corrected chi connectivity index (χ1v) is 10.9. The first-order valence-electron chi connectivity index (χ1n) is 10.1. The molecule has 0 atom stereocenters. The molecule has 0 saturated carbocycles. The van der Waals surface area contributed by atoms with Crippen molar-refractivity contribution in [1.82, 2.24) is 4.98 Å². The highest BCUT2D eigenvalue weighted by atomic mass is 32.1. The average molecular weight is 413 g/mol. The van der Waals surface area contributed by atoms with Gasteiger partial charge in [-0.3, -0.25) is 4.98 Å². The third kappa shape index (κ3) is 2.97. The fourth-order valence-corrected chi connectivity index (χ4v) is 5.40. The Morgan fingerprint density at radius 2 is 1.42 bits per heavy atom. The zero-order chi connectivity index (χ0) is 20.8. The van der Waals surface area contributed by atoms with Crippen LogP contribution in [0.15, 0.2) is 97.3 Å². The van der Waals surface area contributed by atoms with Gasteiger partial charge in [-0.15, -0.1) is 11.3 Å². The molecule has 0 radical (unpaired) electrons. The summed E-state index contributed by atoms with van der Waals surface area (Å²) in [6.45, 7) is 0. The molecule has 4 aromatic carbocycles. The predicted octanol–water partition coefficient (Wildman–Crippen LogP) is 7.81. The van der Waals surface area contributed by atoms with Crippen molar-refractivity contribution < 1.29 is 0 Å². The fourth-order valence-electron chi connectivity index (χ4n) is 4.24. The molecule has 0 unspecified atom stereocenters. The summed E-state index contributed by atoms with van der Waals surface area (Å²) >= 11 is 1.85. The number of pyridine rings is 1. The molecule has 6 rings (SSSR count). The zero-order valence-electron chi connectivity index (χ0n) is 16.5. The van der Waals surface area contributed by atoms with Gasteiger partial charge in [0.15, 0.2) is 0 Å². The first-order chi connectivity index (χ1) is 15.3. The molecule has 0 aliphatic carbocycles. The highest BCUT2D eigenvalue weighted by Crippen LogP contribution is 2.40. The van der Waals surface area contributed by atoms with Crippen LogP contribution >= 0.6 is 11.3 Å². The van der Waals surface area contributed by atoms with Gasteiger partial charge < -0.3 is 0 Å². The van der Waals surface area contributed by atoms with Crippen molar-refractivity contribution in [2.45, 2.75) is 0 Å². The molecular formula is C28H16N2S. The van der Waals surface area contributed by atoms with Crippen LogP contribution in [-0.4, -0.2) is 4.98 Å². The number of hydrogen-bond acceptors (Lipinski definition) is 3. The molecule has 0 N–H and O–H groups in total. The second-order valence-corrected chi connectivity index (χ2v) is 8.71. The second-order valence-electron chi connectivity index (χ2n) is 7.62. The van der Waals surface area contributed by atoms with Crippen molar-refractivity contribution in [1.29, 1.82) is 5.26 Å². The minimum atomic E-state index is 0.573. The SMILES string of the molecule is N#Cc1cncc(-c2ccc(-c3ccc4c(c3)sc3ccc5ccccc5c34)cc2)c1. The molecule has 6 aromatic rings. The van der Waals surface area contributed by atoms with Crippen molar-refractivity contribution in [2.24, 2.45) is 0 Å². The summed E-state index contributed by atoms with van der Waals surface area (Å²) in [5, 5.41) is 14.4. The summed E-state index contributed by atoms with van der Waals surface area (Å²) in [5.74, 6) is 0. The number of nitriles is 1. The summed E-state index contributed by atoms with van der Waals surface area (Å²) in [7, 11) is 0. The Labute approximate surface area is 183 Å². The average Bonchev–Trinajstić information content (AvgIpc) is 3.22. The van der Waals surface area contributed by atoms with Crippen LogP contribution < -0.4 is 0 Å². The zero-order valence-corrected chi connectivity index (χ0v) is 17.4. The smallest absolute Gasteiger partial charge is 0.101 e. The Hall–Kier alpha value is -4.00. The van der Waals surface area contributed by atoms with E-state index in [1.165, 1.54) is 42.1 Å². The van der Waals surface area contributed by atoms with Crippen molar-refractivity contribution in [3.63, 3.8) is 0 Å². The second kappa shape index (κ2) is 7.05. The topological polar surface area (TPSA) is 36.7 Å². The third-order valence-electron chi connectivity index (χ3n) is 5.78. The van der Waals surface area contributed by atoms with Gasteiger partial charge in [-0.25, -0.2) is 0 Å². The Morgan fingerprint density at radius 1 is 0.645 bits per heavy atom. The Bertz CT molecular complexity index is 1640. The lowest BCUT2D eigenvalue weighted by Gasteiger charge is -2.06. The molecule has 31 heavy (non-hydrogen) atoms. The first kappa shape index (κ1) is 17.8. The summed E-state index contributed by atoms with van der Waals surface area (Å²) in [6, 6.07) is 32.3. The van der Waals surface area contributed by atoms with Gasteiger partial charge in [0.1, 0.15) is 6.07 Å². The van der Waals surface area contributed by atoms with E-state index in [0.29, 0.717) is 5.56 Å². The lowest BCUT2D eigenvalue weighted by atomic mass is 9.99. The number of fused-ring (bicyclic) bond motifs is 5. The van der Waals surface area contributed by atoms with Gasteiger partial charge in [0.05, 0.1) is 5.56 Å². The van der Waals surface area contributed by atoms with E-state index in [1.807, 2.05) is 17.4 Å². The van der Waals surface area contributed by atoms with Crippen LogP contribution in [0.25, 0.3) is 53.2 Å². The van der Waals surface area contributed by atoms with Crippen LogP contribution in [0.5, 0.6) is 0 Å². The van der Waals surface area contributed by atoms with Crippen LogP contribution in [0.4, 0.5) is 0 Å². The quantitative estimate of drug-likeness (QED) is 0.291. The fraction of sp³-hybridized carbons (Fsp3) is 0. The molecule has 0 aliphatic rings. The normalized spacial score (nSPS) is 11.2. The van der Waals surface area contributed by atoms with E-state index in [9.17, 15) is 0 Å². The summed E-state index contributed by atoms with van der Waals surface area (Å²) < 4.78 is 2.63. The van der Waals surface area contributed by atoms with Crippen molar-refractivity contribution >= 4 is 42.3 Å². The monoisotopic (exact) mass is 412 g/mol. The molecule has 0 amide bonds. The van der Waals surface area contributed by atoms with Gasteiger partial charge in [0.2, 0.25) is 0 Å². The molecule has 0 aliphatic heterocycles. The number of nitrogens with zero attached hydrogens (tertiary/aromatic N) is 2. The van der Waals surface area contributed by atoms with E-state index in [1.54, 1.807) is 12.4 Å².